The minimum Gasteiger partial charge on any atom is -0.361 e. The molecule has 1 aromatic heterocycles. The summed E-state index contributed by atoms with van der Waals surface area (Å²) in [4.78, 5) is 15.4. The number of fused-ring (bicyclic) bond motifs is 3. The maximum atomic E-state index is 12.2. The fourth-order valence-corrected chi connectivity index (χ4v) is 3.95. The third-order valence-electron chi connectivity index (χ3n) is 4.88. The molecule has 2 aliphatic heterocycles. The number of aromatic nitrogens is 1. The molecule has 4 rings (SSSR count). The van der Waals surface area contributed by atoms with Crippen LogP contribution in [0.25, 0.3) is 10.9 Å². The van der Waals surface area contributed by atoms with Crippen molar-refractivity contribution in [2.24, 2.45) is 5.92 Å². The van der Waals surface area contributed by atoms with Crippen LogP contribution in [0.2, 0.25) is 0 Å². The molecule has 0 spiro atoms. The zero-order valence-corrected chi connectivity index (χ0v) is 13.3. The number of carbonyl (C=O) groups is 1. The second-order valence-electron chi connectivity index (χ2n) is 6.51. The predicted molar refractivity (Wildman–Crippen MR) is 91.5 cm³/mol. The number of benzene rings is 1. The summed E-state index contributed by atoms with van der Waals surface area (Å²) in [6.07, 6.45) is 7.45. The van der Waals surface area contributed by atoms with Crippen LogP contribution in [0.3, 0.4) is 0 Å². The van der Waals surface area contributed by atoms with Gasteiger partial charge in [0.05, 0.1) is 0 Å². The van der Waals surface area contributed by atoms with Crippen molar-refractivity contribution in [3.8, 4) is 0 Å². The first-order valence-electron chi connectivity index (χ1n) is 7.89. The summed E-state index contributed by atoms with van der Waals surface area (Å²) >= 11 is 0. The summed E-state index contributed by atoms with van der Waals surface area (Å²) in [6.45, 7) is 0. The van der Waals surface area contributed by atoms with E-state index >= 15 is 0 Å². The molecular weight excluding hydrogens is 298 g/mol. The van der Waals surface area contributed by atoms with E-state index in [0.29, 0.717) is 24.4 Å². The second kappa shape index (κ2) is 6.31. The molecule has 2 aliphatic rings. The van der Waals surface area contributed by atoms with Gasteiger partial charge in [-0.2, -0.15) is 0 Å². The number of anilines is 1. The third kappa shape index (κ3) is 3.13. The molecule has 1 aromatic carbocycles. The first kappa shape index (κ1) is 15.4. The van der Waals surface area contributed by atoms with E-state index in [2.05, 4.69) is 15.6 Å². The predicted octanol–water partition coefficient (Wildman–Crippen LogP) is 3.45. The number of rotatable bonds is 3. The number of nitrogens with one attached hydrogen (secondary N) is 3. The zero-order chi connectivity index (χ0) is 14.2. The molecule has 0 radical (unpaired) electrons. The number of carbonyl (C=O) groups excluding carboxylic acids is 1. The average Bonchev–Trinajstić information content (AvgIpc) is 3.04. The molecular formula is C17H22ClN3O. The Hall–Kier alpha value is -1.52. The standard InChI is InChI=1S/C17H21N3O.ClH/c21-17(9-11-7-13-1-2-14(8-11)19-13)20-15-3-4-16-12(10-15)5-6-18-16;/h3-6,10-11,13-14,18-19H,1-2,7-9H2,(H,20,21);1H. The normalized spacial score (nSPS) is 26.6. The fourth-order valence-electron chi connectivity index (χ4n) is 3.95. The van der Waals surface area contributed by atoms with Gasteiger partial charge >= 0.3 is 0 Å². The number of halogens is 1. The summed E-state index contributed by atoms with van der Waals surface area (Å²) in [5.74, 6) is 0.691. The van der Waals surface area contributed by atoms with E-state index in [1.807, 2.05) is 30.5 Å². The number of hydrogen-bond donors (Lipinski definition) is 3. The SMILES string of the molecule is Cl.O=C(CC1CC2CCC(C1)N2)Nc1ccc2[nH]ccc2c1. The molecule has 2 saturated heterocycles. The van der Waals surface area contributed by atoms with Gasteiger partial charge in [0.1, 0.15) is 0 Å². The summed E-state index contributed by atoms with van der Waals surface area (Å²) < 4.78 is 0. The Morgan fingerprint density at radius 3 is 2.73 bits per heavy atom. The lowest BCUT2D eigenvalue weighted by atomic mass is 9.89. The van der Waals surface area contributed by atoms with Gasteiger partial charge in [-0.25, -0.2) is 0 Å². The van der Waals surface area contributed by atoms with E-state index in [9.17, 15) is 4.79 Å². The maximum Gasteiger partial charge on any atom is 0.224 e. The van der Waals surface area contributed by atoms with E-state index in [0.717, 1.165) is 29.4 Å². The van der Waals surface area contributed by atoms with Gasteiger partial charge in [0.15, 0.2) is 0 Å². The molecule has 118 valence electrons. The quantitative estimate of drug-likeness (QED) is 0.811. The summed E-state index contributed by atoms with van der Waals surface area (Å²) in [7, 11) is 0. The molecule has 22 heavy (non-hydrogen) atoms. The molecule has 3 N–H and O–H groups in total. The van der Waals surface area contributed by atoms with Crippen LogP contribution in [0.4, 0.5) is 5.69 Å². The van der Waals surface area contributed by atoms with Crippen LogP contribution in [-0.2, 0) is 4.79 Å². The van der Waals surface area contributed by atoms with Gasteiger partial charge in [-0.3, -0.25) is 4.79 Å². The molecule has 2 unspecified atom stereocenters. The van der Waals surface area contributed by atoms with Crippen molar-refractivity contribution < 1.29 is 4.79 Å². The van der Waals surface area contributed by atoms with Crippen molar-refractivity contribution in [2.75, 3.05) is 5.32 Å². The van der Waals surface area contributed by atoms with Gasteiger partial charge < -0.3 is 15.6 Å². The fraction of sp³-hybridized carbons (Fsp3) is 0.471. The number of H-pyrrole nitrogens is 1. The van der Waals surface area contributed by atoms with Crippen molar-refractivity contribution in [1.29, 1.82) is 0 Å². The third-order valence-corrected chi connectivity index (χ3v) is 4.88. The molecule has 0 saturated carbocycles. The van der Waals surface area contributed by atoms with E-state index < -0.39 is 0 Å². The highest BCUT2D eigenvalue weighted by atomic mass is 35.5. The van der Waals surface area contributed by atoms with E-state index in [1.165, 1.54) is 12.8 Å². The lowest BCUT2D eigenvalue weighted by Crippen LogP contribution is -2.39. The Kier molecular flexibility index (Phi) is 4.41. The van der Waals surface area contributed by atoms with Crippen molar-refractivity contribution in [3.63, 3.8) is 0 Å². The molecule has 2 bridgehead atoms. The minimum absolute atomic E-state index is 0. The van der Waals surface area contributed by atoms with Gasteiger partial charge in [-0.15, -0.1) is 12.4 Å². The van der Waals surface area contributed by atoms with Crippen LogP contribution >= 0.6 is 12.4 Å². The lowest BCUT2D eigenvalue weighted by Gasteiger charge is -2.28. The molecule has 5 heteroatoms. The minimum atomic E-state index is 0. The number of amides is 1. The first-order valence-corrected chi connectivity index (χ1v) is 7.89. The Balaban J connectivity index is 0.00000144. The van der Waals surface area contributed by atoms with Crippen molar-refractivity contribution >= 4 is 34.9 Å². The van der Waals surface area contributed by atoms with Crippen LogP contribution in [0, 0.1) is 5.92 Å². The highest BCUT2D eigenvalue weighted by Crippen LogP contribution is 2.32. The molecule has 2 aromatic rings. The lowest BCUT2D eigenvalue weighted by molar-refractivity contribution is -0.117. The number of aromatic amines is 1. The molecule has 3 heterocycles. The van der Waals surface area contributed by atoms with Crippen LogP contribution in [0.1, 0.15) is 32.1 Å². The van der Waals surface area contributed by atoms with E-state index in [4.69, 9.17) is 0 Å². The summed E-state index contributed by atoms with van der Waals surface area (Å²) in [5.41, 5.74) is 1.99. The number of hydrogen-bond acceptors (Lipinski definition) is 2. The Bertz CT molecular complexity index is 657. The Morgan fingerprint density at radius 1 is 1.18 bits per heavy atom. The van der Waals surface area contributed by atoms with Gasteiger partial charge in [-0.05, 0) is 55.9 Å². The Labute approximate surface area is 136 Å². The van der Waals surface area contributed by atoms with E-state index in [1.54, 1.807) is 0 Å². The number of piperidine rings is 1. The Morgan fingerprint density at radius 2 is 1.95 bits per heavy atom. The summed E-state index contributed by atoms with van der Waals surface area (Å²) in [6, 6.07) is 9.32. The van der Waals surface area contributed by atoms with Crippen molar-refractivity contribution in [2.45, 2.75) is 44.2 Å². The van der Waals surface area contributed by atoms with Gasteiger partial charge in [0, 0.05) is 41.3 Å². The van der Waals surface area contributed by atoms with E-state index in [-0.39, 0.29) is 18.3 Å². The van der Waals surface area contributed by atoms with Crippen molar-refractivity contribution in [1.82, 2.24) is 10.3 Å². The van der Waals surface area contributed by atoms with Crippen molar-refractivity contribution in [3.05, 3.63) is 30.5 Å². The second-order valence-corrected chi connectivity index (χ2v) is 6.51. The molecule has 2 fully saturated rings. The highest BCUT2D eigenvalue weighted by molar-refractivity contribution is 5.93. The van der Waals surface area contributed by atoms with Gasteiger partial charge in [0.25, 0.3) is 0 Å². The van der Waals surface area contributed by atoms with Crippen LogP contribution < -0.4 is 10.6 Å². The zero-order valence-electron chi connectivity index (χ0n) is 12.5. The van der Waals surface area contributed by atoms with Gasteiger partial charge in [-0.1, -0.05) is 0 Å². The largest absolute Gasteiger partial charge is 0.361 e. The highest BCUT2D eigenvalue weighted by Gasteiger charge is 2.34. The monoisotopic (exact) mass is 319 g/mol. The summed E-state index contributed by atoms with van der Waals surface area (Å²) in [5, 5.41) is 7.81. The first-order chi connectivity index (χ1) is 10.3. The molecule has 0 aliphatic carbocycles. The topological polar surface area (TPSA) is 56.9 Å². The molecule has 4 nitrogen and oxygen atoms in total. The smallest absolute Gasteiger partial charge is 0.224 e. The van der Waals surface area contributed by atoms with Crippen LogP contribution in [0.15, 0.2) is 30.5 Å². The maximum absolute atomic E-state index is 12.2. The van der Waals surface area contributed by atoms with Crippen LogP contribution in [-0.4, -0.2) is 23.0 Å². The molecule has 2 atom stereocenters. The van der Waals surface area contributed by atoms with Crippen LogP contribution in [0.5, 0.6) is 0 Å². The average molecular weight is 320 g/mol. The molecule has 1 amide bonds. The van der Waals surface area contributed by atoms with Gasteiger partial charge in [0.2, 0.25) is 5.91 Å².